The molecule has 0 saturated heterocycles. The fraction of sp³-hybridized carbons (Fsp3) is 0.684. The first-order valence-electron chi connectivity index (χ1n) is 18.0. The Morgan fingerprint density at radius 2 is 0.761 bits per heavy atom. The average Bonchev–Trinajstić information content (AvgIpc) is 3.10. The van der Waals surface area contributed by atoms with Crippen LogP contribution >= 0.6 is 0 Å². The quantitative estimate of drug-likeness (QED) is 0.0868. The molecular formula is C38H66N4O4. The van der Waals surface area contributed by atoms with Crippen LogP contribution in [0.15, 0.2) is 36.4 Å². The van der Waals surface area contributed by atoms with Crippen LogP contribution in [0, 0.1) is 0 Å². The maximum absolute atomic E-state index is 5.47. The lowest BCUT2D eigenvalue weighted by atomic mass is 10.1. The number of nitrogens with one attached hydrogen (secondary N) is 2. The molecule has 0 aliphatic carbocycles. The third-order valence-electron chi connectivity index (χ3n) is 8.75. The lowest BCUT2D eigenvalue weighted by Crippen LogP contribution is -2.24. The van der Waals surface area contributed by atoms with E-state index < -0.39 is 0 Å². The Labute approximate surface area is 281 Å². The highest BCUT2D eigenvalue weighted by atomic mass is 16.5. The number of nitrogens with zero attached hydrogens (tertiary/aromatic N) is 2. The molecule has 8 nitrogen and oxygen atoms in total. The molecule has 2 aromatic rings. The molecule has 2 rings (SSSR count). The minimum absolute atomic E-state index is 0.781. The molecule has 2 aromatic carbocycles. The summed E-state index contributed by atoms with van der Waals surface area (Å²) in [6.07, 6.45) is 15.3. The molecule has 0 aromatic heterocycles. The Hall–Kier alpha value is -2.84. The van der Waals surface area contributed by atoms with Crippen molar-refractivity contribution in [2.45, 2.75) is 90.9 Å². The maximum atomic E-state index is 5.47. The van der Waals surface area contributed by atoms with Crippen LogP contribution in [-0.2, 0) is 0 Å². The molecule has 0 aliphatic rings. The van der Waals surface area contributed by atoms with Crippen LogP contribution in [0.4, 0.5) is 11.4 Å². The van der Waals surface area contributed by atoms with E-state index in [2.05, 4.69) is 58.5 Å². The summed E-state index contributed by atoms with van der Waals surface area (Å²) in [7, 11) is 6.75. The van der Waals surface area contributed by atoms with Crippen LogP contribution in [0.25, 0.3) is 0 Å². The van der Waals surface area contributed by atoms with Gasteiger partial charge >= 0.3 is 0 Å². The van der Waals surface area contributed by atoms with Crippen molar-refractivity contribution in [1.82, 2.24) is 10.6 Å². The summed E-state index contributed by atoms with van der Waals surface area (Å²) in [5, 5.41) is 7.29. The van der Waals surface area contributed by atoms with E-state index in [0.717, 1.165) is 75.4 Å². The van der Waals surface area contributed by atoms with E-state index in [1.807, 2.05) is 12.1 Å². The summed E-state index contributed by atoms with van der Waals surface area (Å²) < 4.78 is 21.7. The van der Waals surface area contributed by atoms with Gasteiger partial charge in [0.05, 0.1) is 28.4 Å². The smallest absolute Gasteiger partial charge is 0.162 e. The summed E-state index contributed by atoms with van der Waals surface area (Å²) in [5.41, 5.74) is 2.40. The molecular weight excluding hydrogens is 576 g/mol. The van der Waals surface area contributed by atoms with Crippen LogP contribution in [-0.4, -0.2) is 80.8 Å². The number of hydrogen-bond donors (Lipinski definition) is 2. The summed E-state index contributed by atoms with van der Waals surface area (Å²) in [4.78, 5) is 4.84. The molecule has 0 saturated carbocycles. The van der Waals surface area contributed by atoms with Gasteiger partial charge in [0.1, 0.15) is 0 Å². The largest absolute Gasteiger partial charge is 0.493 e. The van der Waals surface area contributed by atoms with Gasteiger partial charge in [-0.05, 0) is 103 Å². The molecule has 0 radical (unpaired) electrons. The number of ether oxygens (including phenoxy) is 4. The van der Waals surface area contributed by atoms with Crippen molar-refractivity contribution in [2.24, 2.45) is 0 Å². The van der Waals surface area contributed by atoms with Gasteiger partial charge < -0.3 is 39.4 Å². The predicted molar refractivity (Wildman–Crippen MR) is 196 cm³/mol. The van der Waals surface area contributed by atoms with Crippen molar-refractivity contribution in [3.05, 3.63) is 36.4 Å². The molecule has 0 aliphatic heterocycles. The summed E-state index contributed by atoms with van der Waals surface area (Å²) in [5.74, 6) is 3.15. The van der Waals surface area contributed by atoms with Crippen LogP contribution in [0.3, 0.4) is 0 Å². The number of anilines is 2. The van der Waals surface area contributed by atoms with Gasteiger partial charge in [-0.1, -0.05) is 38.5 Å². The van der Waals surface area contributed by atoms with Crippen LogP contribution in [0.1, 0.15) is 90.9 Å². The Morgan fingerprint density at radius 1 is 0.435 bits per heavy atom. The normalized spacial score (nSPS) is 11.0. The second-order valence-electron chi connectivity index (χ2n) is 12.0. The number of unbranched alkanes of at least 4 members (excludes halogenated alkanes) is 9. The second kappa shape index (κ2) is 25.3. The predicted octanol–water partition coefficient (Wildman–Crippen LogP) is 7.93. The molecule has 46 heavy (non-hydrogen) atoms. The van der Waals surface area contributed by atoms with Gasteiger partial charge in [0.25, 0.3) is 0 Å². The summed E-state index contributed by atoms with van der Waals surface area (Å²) in [6.45, 7) is 13.2. The lowest BCUT2D eigenvalue weighted by molar-refractivity contribution is 0.355. The highest BCUT2D eigenvalue weighted by Crippen LogP contribution is 2.32. The number of benzene rings is 2. The van der Waals surface area contributed by atoms with Crippen molar-refractivity contribution in [1.29, 1.82) is 0 Å². The molecule has 0 atom stereocenters. The van der Waals surface area contributed by atoms with Gasteiger partial charge in [0, 0.05) is 49.7 Å². The Balaban J connectivity index is 1.36. The van der Waals surface area contributed by atoms with E-state index in [4.69, 9.17) is 18.9 Å². The third kappa shape index (κ3) is 15.2. The number of methoxy groups -OCH3 is 4. The van der Waals surface area contributed by atoms with Crippen molar-refractivity contribution < 1.29 is 18.9 Å². The van der Waals surface area contributed by atoms with Gasteiger partial charge in [-0.15, -0.1) is 0 Å². The molecule has 0 spiro atoms. The monoisotopic (exact) mass is 643 g/mol. The zero-order chi connectivity index (χ0) is 33.2. The molecule has 0 bridgehead atoms. The standard InChI is InChI=1S/C38H66N4O4/c1-7-41(33-21-23-35(43-3)37(31-33)45-5)29-19-13-11-17-27-39-25-15-9-10-16-26-40-28-18-12-14-20-30-42(8-2)34-22-24-36(44-4)38(32-34)46-6/h21-24,31-32,39-40H,7-20,25-30H2,1-6H3. The first-order valence-corrected chi connectivity index (χ1v) is 18.0. The van der Waals surface area contributed by atoms with Gasteiger partial charge in [0.2, 0.25) is 0 Å². The topological polar surface area (TPSA) is 67.5 Å². The SMILES string of the molecule is CCN(CCCCCCNCCCCCCNCCCCCCN(CC)c1ccc(OC)c(OC)c1)c1ccc(OC)c(OC)c1. The summed E-state index contributed by atoms with van der Waals surface area (Å²) in [6, 6.07) is 12.4. The van der Waals surface area contributed by atoms with Crippen molar-refractivity contribution in [3.8, 4) is 23.0 Å². The minimum Gasteiger partial charge on any atom is -0.493 e. The molecule has 0 unspecified atom stereocenters. The van der Waals surface area contributed by atoms with Crippen LogP contribution in [0.2, 0.25) is 0 Å². The first-order chi connectivity index (χ1) is 22.6. The Kier molecular flexibility index (Phi) is 21.6. The number of hydrogen-bond acceptors (Lipinski definition) is 8. The van der Waals surface area contributed by atoms with Crippen LogP contribution < -0.4 is 39.4 Å². The van der Waals surface area contributed by atoms with Crippen LogP contribution in [0.5, 0.6) is 23.0 Å². The Bertz CT molecular complexity index is 956. The van der Waals surface area contributed by atoms with E-state index in [9.17, 15) is 0 Å². The van der Waals surface area contributed by atoms with E-state index in [-0.39, 0.29) is 0 Å². The molecule has 8 heteroatoms. The molecule has 262 valence electrons. The lowest BCUT2D eigenvalue weighted by Gasteiger charge is -2.24. The highest BCUT2D eigenvalue weighted by molar-refractivity contribution is 5.57. The van der Waals surface area contributed by atoms with Crippen molar-refractivity contribution >= 4 is 11.4 Å². The van der Waals surface area contributed by atoms with Gasteiger partial charge in [-0.25, -0.2) is 0 Å². The van der Waals surface area contributed by atoms with Gasteiger partial charge in [0.15, 0.2) is 23.0 Å². The maximum Gasteiger partial charge on any atom is 0.162 e. The fourth-order valence-corrected chi connectivity index (χ4v) is 5.90. The molecule has 2 N–H and O–H groups in total. The first kappa shape index (κ1) is 39.3. The third-order valence-corrected chi connectivity index (χ3v) is 8.75. The van der Waals surface area contributed by atoms with Crippen molar-refractivity contribution in [2.75, 3.05) is 90.6 Å². The van der Waals surface area contributed by atoms with Crippen molar-refractivity contribution in [3.63, 3.8) is 0 Å². The van der Waals surface area contributed by atoms with Gasteiger partial charge in [-0.3, -0.25) is 0 Å². The molecule has 0 amide bonds. The fourth-order valence-electron chi connectivity index (χ4n) is 5.90. The minimum atomic E-state index is 0.781. The average molecular weight is 643 g/mol. The molecule has 0 heterocycles. The van der Waals surface area contributed by atoms with Gasteiger partial charge in [-0.2, -0.15) is 0 Å². The van der Waals surface area contributed by atoms with E-state index in [1.54, 1.807) is 28.4 Å². The van der Waals surface area contributed by atoms with E-state index >= 15 is 0 Å². The van der Waals surface area contributed by atoms with E-state index in [0.29, 0.717) is 0 Å². The second-order valence-corrected chi connectivity index (χ2v) is 12.0. The zero-order valence-corrected chi connectivity index (χ0v) is 30.1. The summed E-state index contributed by atoms with van der Waals surface area (Å²) >= 11 is 0. The number of rotatable bonds is 29. The zero-order valence-electron chi connectivity index (χ0n) is 30.1. The Morgan fingerprint density at radius 3 is 1.07 bits per heavy atom. The highest BCUT2D eigenvalue weighted by Gasteiger charge is 2.11. The molecule has 0 fully saturated rings. The van der Waals surface area contributed by atoms with E-state index in [1.165, 1.54) is 88.4 Å².